The van der Waals surface area contributed by atoms with Gasteiger partial charge in [-0.1, -0.05) is 40.9 Å². The molecule has 0 saturated heterocycles. The molecule has 0 atom stereocenters. The first-order valence-electron chi connectivity index (χ1n) is 4.01. The second-order valence-electron chi connectivity index (χ2n) is 2.62. The molecule has 0 aromatic heterocycles. The summed E-state index contributed by atoms with van der Waals surface area (Å²) in [6.45, 7) is 0.550. The molecule has 0 spiro atoms. The predicted molar refractivity (Wildman–Crippen MR) is 62.5 cm³/mol. The van der Waals surface area contributed by atoms with E-state index in [4.69, 9.17) is 34.8 Å². The highest BCUT2D eigenvalue weighted by molar-refractivity contribution is 6.40. The smallest absolute Gasteiger partial charge is 0.293 e. The van der Waals surface area contributed by atoms with Crippen molar-refractivity contribution in [3.8, 4) is 0 Å². The standard InChI is InChI=1S/C10H7Cl3O2/c11-7-4-9(12)8(10(13)5-7)2-1-3-15-6-14/h1-2,4-6H,3H2. The number of ether oxygens (including phenoxy) is 1. The number of hydrogen-bond acceptors (Lipinski definition) is 2. The summed E-state index contributed by atoms with van der Waals surface area (Å²) in [6, 6.07) is 3.19. The fourth-order valence-electron chi connectivity index (χ4n) is 0.973. The Kier molecular flexibility index (Phi) is 4.95. The van der Waals surface area contributed by atoms with E-state index in [0.29, 0.717) is 27.1 Å². The summed E-state index contributed by atoms with van der Waals surface area (Å²) in [6.07, 6.45) is 3.31. The van der Waals surface area contributed by atoms with Crippen LogP contribution >= 0.6 is 34.8 Å². The highest BCUT2D eigenvalue weighted by Gasteiger charge is 2.03. The van der Waals surface area contributed by atoms with Crippen LogP contribution < -0.4 is 0 Å². The zero-order chi connectivity index (χ0) is 11.3. The van der Waals surface area contributed by atoms with Gasteiger partial charge in [0.15, 0.2) is 0 Å². The summed E-state index contributed by atoms with van der Waals surface area (Å²) in [5.41, 5.74) is 0.650. The van der Waals surface area contributed by atoms with E-state index in [2.05, 4.69) is 4.74 Å². The summed E-state index contributed by atoms with van der Waals surface area (Å²) in [5.74, 6) is 0. The van der Waals surface area contributed by atoms with Crippen LogP contribution in [0.4, 0.5) is 0 Å². The van der Waals surface area contributed by atoms with Crippen LogP contribution in [-0.4, -0.2) is 13.1 Å². The average Bonchev–Trinajstić information content (AvgIpc) is 2.15. The molecule has 1 rings (SSSR count). The van der Waals surface area contributed by atoms with Crippen LogP contribution in [0.5, 0.6) is 0 Å². The highest BCUT2D eigenvalue weighted by atomic mass is 35.5. The maximum absolute atomic E-state index is 9.87. The summed E-state index contributed by atoms with van der Waals surface area (Å²) < 4.78 is 4.48. The van der Waals surface area contributed by atoms with Crippen LogP contribution in [0.15, 0.2) is 18.2 Å². The normalized spacial score (nSPS) is 10.6. The van der Waals surface area contributed by atoms with Gasteiger partial charge in [0.25, 0.3) is 6.47 Å². The second kappa shape index (κ2) is 6.01. The van der Waals surface area contributed by atoms with Crippen molar-refractivity contribution < 1.29 is 9.53 Å². The van der Waals surface area contributed by atoms with Crippen LogP contribution in [0.3, 0.4) is 0 Å². The Balaban J connectivity index is 2.85. The van der Waals surface area contributed by atoms with Crippen LogP contribution in [0, 0.1) is 0 Å². The third-order valence-corrected chi connectivity index (χ3v) is 2.43. The summed E-state index contributed by atoms with van der Waals surface area (Å²) >= 11 is 17.6. The second-order valence-corrected chi connectivity index (χ2v) is 3.87. The Morgan fingerprint density at radius 3 is 2.33 bits per heavy atom. The number of carbonyl (C=O) groups is 1. The van der Waals surface area contributed by atoms with Crippen molar-refractivity contribution in [2.45, 2.75) is 0 Å². The zero-order valence-electron chi connectivity index (χ0n) is 7.54. The van der Waals surface area contributed by atoms with Crippen molar-refractivity contribution in [2.24, 2.45) is 0 Å². The molecule has 0 bridgehead atoms. The quantitative estimate of drug-likeness (QED) is 0.611. The minimum absolute atomic E-state index is 0.179. The molecule has 0 N–H and O–H groups in total. The van der Waals surface area contributed by atoms with Gasteiger partial charge in [-0.3, -0.25) is 4.79 Å². The Morgan fingerprint density at radius 2 is 1.80 bits per heavy atom. The molecule has 0 unspecified atom stereocenters. The Morgan fingerprint density at radius 1 is 1.20 bits per heavy atom. The molecule has 0 fully saturated rings. The topological polar surface area (TPSA) is 26.3 Å². The van der Waals surface area contributed by atoms with Gasteiger partial charge in [0.05, 0.1) is 10.0 Å². The Bertz CT molecular complexity index is 365. The molecular formula is C10H7Cl3O2. The molecule has 0 saturated carbocycles. The van der Waals surface area contributed by atoms with Gasteiger partial charge < -0.3 is 4.74 Å². The van der Waals surface area contributed by atoms with E-state index >= 15 is 0 Å². The van der Waals surface area contributed by atoms with Crippen LogP contribution in [0.25, 0.3) is 6.08 Å². The lowest BCUT2D eigenvalue weighted by Gasteiger charge is -2.02. The summed E-state index contributed by atoms with van der Waals surface area (Å²) in [7, 11) is 0. The van der Waals surface area contributed by atoms with Gasteiger partial charge in [0.2, 0.25) is 0 Å². The molecule has 0 amide bonds. The third kappa shape index (κ3) is 3.74. The fraction of sp³-hybridized carbons (Fsp3) is 0.100. The van der Waals surface area contributed by atoms with Crippen molar-refractivity contribution in [3.05, 3.63) is 38.8 Å². The third-order valence-electron chi connectivity index (χ3n) is 1.59. The van der Waals surface area contributed by atoms with Crippen LogP contribution in [-0.2, 0) is 9.53 Å². The van der Waals surface area contributed by atoms with E-state index in [0.717, 1.165) is 0 Å². The lowest BCUT2D eigenvalue weighted by atomic mass is 10.2. The number of rotatable bonds is 4. The number of benzene rings is 1. The first-order chi connectivity index (χ1) is 7.15. The lowest BCUT2D eigenvalue weighted by molar-refractivity contribution is -0.127. The summed E-state index contributed by atoms with van der Waals surface area (Å²) in [5, 5.41) is 1.39. The molecule has 0 aliphatic rings. The first-order valence-corrected chi connectivity index (χ1v) is 5.15. The van der Waals surface area contributed by atoms with Gasteiger partial charge in [-0.15, -0.1) is 0 Å². The average molecular weight is 266 g/mol. The predicted octanol–water partition coefficient (Wildman–Crippen LogP) is 3.83. The van der Waals surface area contributed by atoms with E-state index in [1.54, 1.807) is 24.3 Å². The van der Waals surface area contributed by atoms with Gasteiger partial charge in [-0.25, -0.2) is 0 Å². The number of hydrogen-bond donors (Lipinski definition) is 0. The maximum atomic E-state index is 9.87. The van der Waals surface area contributed by atoms with E-state index in [9.17, 15) is 4.79 Å². The van der Waals surface area contributed by atoms with Crippen molar-refractivity contribution in [2.75, 3.05) is 6.61 Å². The molecule has 80 valence electrons. The van der Waals surface area contributed by atoms with Crippen molar-refractivity contribution in [1.29, 1.82) is 0 Å². The van der Waals surface area contributed by atoms with Crippen LogP contribution in [0.1, 0.15) is 5.56 Å². The number of carbonyl (C=O) groups excluding carboxylic acids is 1. The summed E-state index contributed by atoms with van der Waals surface area (Å²) in [4.78, 5) is 9.87. The lowest BCUT2D eigenvalue weighted by Crippen LogP contribution is -1.86. The van der Waals surface area contributed by atoms with Gasteiger partial charge >= 0.3 is 0 Å². The number of halogens is 3. The molecule has 0 heterocycles. The minimum Gasteiger partial charge on any atom is -0.464 e. The maximum Gasteiger partial charge on any atom is 0.293 e. The van der Waals surface area contributed by atoms with E-state index in [1.807, 2.05) is 0 Å². The molecule has 5 heteroatoms. The first kappa shape index (κ1) is 12.4. The zero-order valence-corrected chi connectivity index (χ0v) is 9.81. The molecule has 15 heavy (non-hydrogen) atoms. The van der Waals surface area contributed by atoms with Gasteiger partial charge in [0, 0.05) is 10.6 Å². The molecular weight excluding hydrogens is 258 g/mol. The van der Waals surface area contributed by atoms with Crippen LogP contribution in [0.2, 0.25) is 15.1 Å². The monoisotopic (exact) mass is 264 g/mol. The fourth-order valence-corrected chi connectivity index (χ4v) is 1.92. The van der Waals surface area contributed by atoms with E-state index in [-0.39, 0.29) is 6.61 Å². The SMILES string of the molecule is O=COCC=Cc1c(Cl)cc(Cl)cc1Cl. The van der Waals surface area contributed by atoms with Gasteiger partial charge in [-0.2, -0.15) is 0 Å². The van der Waals surface area contributed by atoms with Crippen molar-refractivity contribution in [1.82, 2.24) is 0 Å². The van der Waals surface area contributed by atoms with E-state index in [1.165, 1.54) is 0 Å². The molecule has 0 aliphatic carbocycles. The Hall–Kier alpha value is -0.700. The largest absolute Gasteiger partial charge is 0.464 e. The molecule has 2 nitrogen and oxygen atoms in total. The highest BCUT2D eigenvalue weighted by Crippen LogP contribution is 2.29. The van der Waals surface area contributed by atoms with Gasteiger partial charge in [0.1, 0.15) is 6.61 Å². The van der Waals surface area contributed by atoms with Crippen molar-refractivity contribution in [3.63, 3.8) is 0 Å². The molecule has 1 aromatic rings. The van der Waals surface area contributed by atoms with Crippen molar-refractivity contribution >= 4 is 47.4 Å². The van der Waals surface area contributed by atoms with Gasteiger partial charge in [-0.05, 0) is 18.2 Å². The Labute approximate surface area is 102 Å². The van der Waals surface area contributed by atoms with E-state index < -0.39 is 0 Å². The molecule has 0 aliphatic heterocycles. The molecule has 1 aromatic carbocycles. The molecule has 0 radical (unpaired) electrons. The minimum atomic E-state index is 0.179.